The minimum absolute atomic E-state index is 0.00602. The van der Waals surface area contributed by atoms with Gasteiger partial charge in [-0.05, 0) is 12.8 Å². The minimum Gasteiger partial charge on any atom is -0.355 e. The van der Waals surface area contributed by atoms with Gasteiger partial charge in [-0.15, -0.1) is 0 Å². The third-order valence-electron chi connectivity index (χ3n) is 2.24. The van der Waals surface area contributed by atoms with E-state index in [9.17, 15) is 4.79 Å². The number of amides is 1. The van der Waals surface area contributed by atoms with Crippen LogP contribution in [0.1, 0.15) is 26.5 Å². The number of aryl methyl sites for hydroxylation is 1. The van der Waals surface area contributed by atoms with E-state index in [0.29, 0.717) is 19.0 Å². The number of nitrogens with one attached hydrogen (secondary N) is 2. The summed E-state index contributed by atoms with van der Waals surface area (Å²) in [5.41, 5.74) is 1.01. The standard InChI is InChI=1S/C12H22N4O/c1-9(2)7-16-8-10(3)15-12(16)14-6-5-13-11(4)17/h8-9H,5-7H2,1-4H3,(H,13,17)(H,14,15). The van der Waals surface area contributed by atoms with Crippen LogP contribution in [0.2, 0.25) is 0 Å². The van der Waals surface area contributed by atoms with Gasteiger partial charge in [-0.1, -0.05) is 13.8 Å². The van der Waals surface area contributed by atoms with E-state index in [1.165, 1.54) is 6.92 Å². The second-order valence-electron chi connectivity index (χ2n) is 4.66. The highest BCUT2D eigenvalue weighted by atomic mass is 16.1. The smallest absolute Gasteiger partial charge is 0.216 e. The molecule has 0 spiro atoms. The summed E-state index contributed by atoms with van der Waals surface area (Å²) in [6.07, 6.45) is 2.04. The Morgan fingerprint density at radius 1 is 1.47 bits per heavy atom. The zero-order valence-corrected chi connectivity index (χ0v) is 11.1. The summed E-state index contributed by atoms with van der Waals surface area (Å²) in [5.74, 6) is 1.45. The molecule has 17 heavy (non-hydrogen) atoms. The molecule has 1 aromatic heterocycles. The van der Waals surface area contributed by atoms with E-state index in [1.54, 1.807) is 0 Å². The lowest BCUT2D eigenvalue weighted by molar-refractivity contribution is -0.118. The van der Waals surface area contributed by atoms with Crippen LogP contribution >= 0.6 is 0 Å². The number of imidazole rings is 1. The predicted octanol–water partition coefficient (Wildman–Crippen LogP) is 1.40. The van der Waals surface area contributed by atoms with Crippen molar-refractivity contribution in [3.8, 4) is 0 Å². The van der Waals surface area contributed by atoms with E-state index in [-0.39, 0.29) is 5.91 Å². The van der Waals surface area contributed by atoms with Gasteiger partial charge in [0.05, 0.1) is 5.69 Å². The third kappa shape index (κ3) is 4.89. The molecule has 0 saturated carbocycles. The van der Waals surface area contributed by atoms with Gasteiger partial charge >= 0.3 is 0 Å². The Hall–Kier alpha value is -1.52. The Morgan fingerprint density at radius 2 is 2.18 bits per heavy atom. The van der Waals surface area contributed by atoms with Crippen molar-refractivity contribution in [3.63, 3.8) is 0 Å². The lowest BCUT2D eigenvalue weighted by atomic mass is 10.2. The van der Waals surface area contributed by atoms with Crippen LogP contribution in [0, 0.1) is 12.8 Å². The van der Waals surface area contributed by atoms with Crippen molar-refractivity contribution in [3.05, 3.63) is 11.9 Å². The zero-order chi connectivity index (χ0) is 12.8. The van der Waals surface area contributed by atoms with Crippen LogP contribution in [-0.2, 0) is 11.3 Å². The number of aromatic nitrogens is 2. The molecule has 2 N–H and O–H groups in total. The molecule has 96 valence electrons. The normalized spacial score (nSPS) is 10.6. The van der Waals surface area contributed by atoms with Crippen molar-refractivity contribution < 1.29 is 4.79 Å². The number of rotatable bonds is 6. The maximum absolute atomic E-state index is 10.7. The van der Waals surface area contributed by atoms with Crippen molar-refractivity contribution in [2.24, 2.45) is 5.92 Å². The number of anilines is 1. The molecule has 0 aliphatic heterocycles. The van der Waals surface area contributed by atoms with E-state index in [4.69, 9.17) is 0 Å². The molecule has 0 bridgehead atoms. The first-order valence-electron chi connectivity index (χ1n) is 6.01. The largest absolute Gasteiger partial charge is 0.355 e. The van der Waals surface area contributed by atoms with E-state index in [0.717, 1.165) is 18.2 Å². The molecule has 0 fully saturated rings. The summed E-state index contributed by atoms with van der Waals surface area (Å²) in [4.78, 5) is 15.1. The fourth-order valence-corrected chi connectivity index (χ4v) is 1.63. The van der Waals surface area contributed by atoms with E-state index >= 15 is 0 Å². The Balaban J connectivity index is 2.48. The summed E-state index contributed by atoms with van der Waals surface area (Å²) in [6, 6.07) is 0. The van der Waals surface area contributed by atoms with Crippen LogP contribution in [-0.4, -0.2) is 28.5 Å². The van der Waals surface area contributed by atoms with Crippen LogP contribution in [0.5, 0.6) is 0 Å². The average molecular weight is 238 g/mol. The average Bonchev–Trinajstić information content (AvgIpc) is 2.52. The second kappa shape index (κ2) is 6.27. The summed E-state index contributed by atoms with van der Waals surface area (Å²) in [5, 5.41) is 5.98. The van der Waals surface area contributed by atoms with Gasteiger partial charge in [0.1, 0.15) is 0 Å². The topological polar surface area (TPSA) is 59.0 Å². The first-order valence-corrected chi connectivity index (χ1v) is 6.01. The van der Waals surface area contributed by atoms with Gasteiger partial charge in [0.25, 0.3) is 0 Å². The summed E-state index contributed by atoms with van der Waals surface area (Å²) >= 11 is 0. The van der Waals surface area contributed by atoms with Crippen LogP contribution in [0.4, 0.5) is 5.95 Å². The monoisotopic (exact) mass is 238 g/mol. The Bertz CT molecular complexity index is 371. The first kappa shape index (κ1) is 13.5. The highest BCUT2D eigenvalue weighted by Gasteiger charge is 2.06. The van der Waals surface area contributed by atoms with E-state index < -0.39 is 0 Å². The molecule has 0 aliphatic rings. The molecule has 1 amide bonds. The number of hydrogen-bond donors (Lipinski definition) is 2. The highest BCUT2D eigenvalue weighted by Crippen LogP contribution is 2.10. The van der Waals surface area contributed by atoms with Gasteiger partial charge in [0.15, 0.2) is 0 Å². The Kier molecular flexibility index (Phi) is 5.00. The van der Waals surface area contributed by atoms with Crippen molar-refractivity contribution >= 4 is 11.9 Å². The first-order chi connectivity index (χ1) is 7.99. The van der Waals surface area contributed by atoms with Crippen molar-refractivity contribution in [1.82, 2.24) is 14.9 Å². The molecule has 0 radical (unpaired) electrons. The molecule has 1 aromatic rings. The summed E-state index contributed by atoms with van der Waals surface area (Å²) in [7, 11) is 0. The quantitative estimate of drug-likeness (QED) is 0.736. The van der Waals surface area contributed by atoms with Crippen LogP contribution in [0.15, 0.2) is 6.20 Å². The number of nitrogens with zero attached hydrogens (tertiary/aromatic N) is 2. The molecule has 5 nitrogen and oxygen atoms in total. The van der Waals surface area contributed by atoms with E-state index in [2.05, 4.69) is 34.0 Å². The molecule has 1 heterocycles. The fourth-order valence-electron chi connectivity index (χ4n) is 1.63. The van der Waals surface area contributed by atoms with Crippen molar-refractivity contribution in [2.75, 3.05) is 18.4 Å². The van der Waals surface area contributed by atoms with Crippen molar-refractivity contribution in [2.45, 2.75) is 34.2 Å². The molecular weight excluding hydrogens is 216 g/mol. The summed E-state index contributed by atoms with van der Waals surface area (Å²) in [6.45, 7) is 10.1. The van der Waals surface area contributed by atoms with Crippen LogP contribution < -0.4 is 10.6 Å². The SMILES string of the molecule is CC(=O)NCCNc1nc(C)cn1CC(C)C. The molecular formula is C12H22N4O. The Labute approximate surface area is 103 Å². The zero-order valence-electron chi connectivity index (χ0n) is 11.1. The van der Waals surface area contributed by atoms with E-state index in [1.807, 2.05) is 13.1 Å². The van der Waals surface area contributed by atoms with Gasteiger partial charge in [-0.25, -0.2) is 4.98 Å². The highest BCUT2D eigenvalue weighted by molar-refractivity contribution is 5.72. The Morgan fingerprint density at radius 3 is 2.76 bits per heavy atom. The predicted molar refractivity (Wildman–Crippen MR) is 69.0 cm³/mol. The van der Waals surface area contributed by atoms with Gasteiger partial charge in [-0.3, -0.25) is 4.79 Å². The number of carbonyl (C=O) groups excluding carboxylic acids is 1. The van der Waals surface area contributed by atoms with Crippen LogP contribution in [0.3, 0.4) is 0 Å². The number of carbonyl (C=O) groups is 1. The number of hydrogen-bond acceptors (Lipinski definition) is 3. The lowest BCUT2D eigenvalue weighted by Crippen LogP contribution is -2.27. The second-order valence-corrected chi connectivity index (χ2v) is 4.66. The lowest BCUT2D eigenvalue weighted by Gasteiger charge is -2.11. The molecule has 0 aliphatic carbocycles. The minimum atomic E-state index is -0.00602. The molecule has 0 atom stereocenters. The molecule has 1 rings (SSSR count). The molecule has 0 saturated heterocycles. The van der Waals surface area contributed by atoms with Gasteiger partial charge in [-0.2, -0.15) is 0 Å². The molecule has 0 aromatic carbocycles. The summed E-state index contributed by atoms with van der Waals surface area (Å²) < 4.78 is 2.12. The van der Waals surface area contributed by atoms with Crippen LogP contribution in [0.25, 0.3) is 0 Å². The van der Waals surface area contributed by atoms with Gasteiger partial charge < -0.3 is 15.2 Å². The molecule has 5 heteroatoms. The van der Waals surface area contributed by atoms with Gasteiger partial charge in [0.2, 0.25) is 11.9 Å². The van der Waals surface area contributed by atoms with Gasteiger partial charge in [0, 0.05) is 32.8 Å². The fraction of sp³-hybridized carbons (Fsp3) is 0.667. The molecule has 0 unspecified atom stereocenters. The van der Waals surface area contributed by atoms with Crippen molar-refractivity contribution in [1.29, 1.82) is 0 Å². The maximum atomic E-state index is 10.7. The maximum Gasteiger partial charge on any atom is 0.216 e. The third-order valence-corrected chi connectivity index (χ3v) is 2.24.